The highest BCUT2D eigenvalue weighted by Gasteiger charge is 2.17. The van der Waals surface area contributed by atoms with E-state index in [1.807, 2.05) is 13.2 Å². The molecule has 2 rings (SSSR count). The molecule has 1 aliphatic heterocycles. The van der Waals surface area contributed by atoms with Crippen LogP contribution < -0.4 is 15.5 Å². The van der Waals surface area contributed by atoms with Crippen molar-refractivity contribution < 1.29 is 4.74 Å². The molecule has 140 valence electrons. The summed E-state index contributed by atoms with van der Waals surface area (Å²) in [5.41, 5.74) is 1.15. The third-order valence-corrected chi connectivity index (χ3v) is 4.77. The predicted molar refractivity (Wildman–Crippen MR) is 104 cm³/mol. The first-order valence-corrected chi connectivity index (χ1v) is 9.42. The lowest BCUT2D eigenvalue weighted by Crippen LogP contribution is -2.41. The van der Waals surface area contributed by atoms with Crippen LogP contribution in [0.15, 0.2) is 23.3 Å². The Morgan fingerprint density at radius 2 is 2.16 bits per heavy atom. The molecule has 1 aromatic rings. The summed E-state index contributed by atoms with van der Waals surface area (Å²) in [7, 11) is 1.81. The lowest BCUT2D eigenvalue weighted by molar-refractivity contribution is 0.0529. The van der Waals surface area contributed by atoms with Gasteiger partial charge >= 0.3 is 0 Å². The van der Waals surface area contributed by atoms with E-state index in [9.17, 15) is 0 Å². The molecule has 0 spiro atoms. The number of hydrogen-bond donors (Lipinski definition) is 2. The molecular formula is C19H33N5O. The number of aliphatic imine (C=N–C) groups is 1. The number of ether oxygens (including phenoxy) is 1. The van der Waals surface area contributed by atoms with Crippen LogP contribution in [0.4, 0.5) is 5.82 Å². The first-order valence-electron chi connectivity index (χ1n) is 9.42. The Bertz CT molecular complexity index is 527. The second kappa shape index (κ2) is 10.2. The van der Waals surface area contributed by atoms with Crippen LogP contribution in [0.25, 0.3) is 0 Å². The zero-order chi connectivity index (χ0) is 18.1. The zero-order valence-corrected chi connectivity index (χ0v) is 16.1. The molecule has 2 heterocycles. The van der Waals surface area contributed by atoms with Crippen LogP contribution in [0, 0.1) is 5.92 Å². The molecule has 6 nitrogen and oxygen atoms in total. The monoisotopic (exact) mass is 347 g/mol. The highest BCUT2D eigenvalue weighted by Crippen LogP contribution is 2.15. The molecule has 6 heteroatoms. The van der Waals surface area contributed by atoms with Gasteiger partial charge in [-0.3, -0.25) is 4.99 Å². The largest absolute Gasteiger partial charge is 0.375 e. The zero-order valence-electron chi connectivity index (χ0n) is 16.1. The van der Waals surface area contributed by atoms with Crippen LogP contribution >= 0.6 is 0 Å². The minimum Gasteiger partial charge on any atom is -0.375 e. The van der Waals surface area contributed by atoms with Crippen molar-refractivity contribution in [3.05, 3.63) is 23.9 Å². The summed E-state index contributed by atoms with van der Waals surface area (Å²) < 4.78 is 5.59. The number of anilines is 1. The van der Waals surface area contributed by atoms with Crippen LogP contribution in [0.2, 0.25) is 0 Å². The van der Waals surface area contributed by atoms with Crippen LogP contribution in [0.1, 0.15) is 39.2 Å². The molecule has 1 aliphatic rings. The minimum absolute atomic E-state index is 0.265. The number of morpholine rings is 1. The van der Waals surface area contributed by atoms with Gasteiger partial charge in [-0.05, 0) is 24.5 Å². The number of nitrogens with one attached hydrogen (secondary N) is 2. The first kappa shape index (κ1) is 19.5. The Morgan fingerprint density at radius 1 is 1.36 bits per heavy atom. The Morgan fingerprint density at radius 3 is 2.76 bits per heavy atom. The summed E-state index contributed by atoms with van der Waals surface area (Å²) in [6.07, 6.45) is 4.58. The van der Waals surface area contributed by atoms with Gasteiger partial charge in [0.25, 0.3) is 0 Å². The van der Waals surface area contributed by atoms with Gasteiger partial charge in [0.15, 0.2) is 5.96 Å². The van der Waals surface area contributed by atoms with E-state index >= 15 is 0 Å². The van der Waals surface area contributed by atoms with Gasteiger partial charge in [-0.2, -0.15) is 0 Å². The third kappa shape index (κ3) is 6.20. The topological polar surface area (TPSA) is 61.8 Å². The number of rotatable bonds is 7. The smallest absolute Gasteiger partial charge is 0.191 e. The van der Waals surface area contributed by atoms with Gasteiger partial charge in [0.05, 0.1) is 12.7 Å². The van der Waals surface area contributed by atoms with E-state index in [0.717, 1.165) is 50.1 Å². The molecule has 1 aromatic heterocycles. The minimum atomic E-state index is 0.265. The fraction of sp³-hybridized carbons (Fsp3) is 0.684. The SMILES string of the molecule is CCC(CC)CNC(=NC)NCc1ccc(N2CCOC(C)C2)nc1. The lowest BCUT2D eigenvalue weighted by Gasteiger charge is -2.32. The molecule has 1 fully saturated rings. The van der Waals surface area contributed by atoms with E-state index in [1.165, 1.54) is 12.8 Å². The maximum Gasteiger partial charge on any atom is 0.191 e. The number of hydrogen-bond acceptors (Lipinski definition) is 4. The Labute approximate surface area is 152 Å². The normalized spacial score (nSPS) is 18.5. The molecule has 2 N–H and O–H groups in total. The summed E-state index contributed by atoms with van der Waals surface area (Å²) in [5, 5.41) is 6.77. The molecule has 25 heavy (non-hydrogen) atoms. The molecule has 0 bridgehead atoms. The van der Waals surface area contributed by atoms with Gasteiger partial charge in [0.1, 0.15) is 5.82 Å². The van der Waals surface area contributed by atoms with Crippen molar-refractivity contribution in [1.29, 1.82) is 0 Å². The summed E-state index contributed by atoms with van der Waals surface area (Å²) >= 11 is 0. The molecule has 1 unspecified atom stereocenters. The molecule has 0 saturated carbocycles. The van der Waals surface area contributed by atoms with Crippen molar-refractivity contribution in [2.45, 2.75) is 46.3 Å². The highest BCUT2D eigenvalue weighted by atomic mass is 16.5. The van der Waals surface area contributed by atoms with Crippen LogP contribution in [0.3, 0.4) is 0 Å². The van der Waals surface area contributed by atoms with Gasteiger partial charge in [0.2, 0.25) is 0 Å². The van der Waals surface area contributed by atoms with Crippen molar-refractivity contribution in [1.82, 2.24) is 15.6 Å². The standard InChI is InChI=1S/C19H33N5O/c1-5-16(6-2)11-22-19(20-4)23-13-17-7-8-18(21-12-17)24-9-10-25-15(3)14-24/h7-8,12,15-16H,5-6,9-11,13-14H2,1-4H3,(H2,20,22,23). The van der Waals surface area contributed by atoms with Crippen LogP contribution in [0.5, 0.6) is 0 Å². The van der Waals surface area contributed by atoms with E-state index in [2.05, 4.69) is 58.4 Å². The summed E-state index contributed by atoms with van der Waals surface area (Å²) in [4.78, 5) is 11.2. The molecule has 0 aromatic carbocycles. The first-order chi connectivity index (χ1) is 12.2. The summed E-state index contributed by atoms with van der Waals surface area (Å²) in [5.74, 6) is 2.56. The van der Waals surface area contributed by atoms with E-state index < -0.39 is 0 Å². The quantitative estimate of drug-likeness (QED) is 0.586. The average molecular weight is 348 g/mol. The fourth-order valence-corrected chi connectivity index (χ4v) is 2.96. The number of pyridine rings is 1. The molecule has 0 aliphatic carbocycles. The second-order valence-corrected chi connectivity index (χ2v) is 6.64. The molecule has 1 saturated heterocycles. The van der Waals surface area contributed by atoms with Crippen molar-refractivity contribution in [3.63, 3.8) is 0 Å². The van der Waals surface area contributed by atoms with Crippen molar-refractivity contribution in [2.75, 3.05) is 38.2 Å². The molecule has 0 amide bonds. The third-order valence-electron chi connectivity index (χ3n) is 4.77. The average Bonchev–Trinajstić information content (AvgIpc) is 2.65. The van der Waals surface area contributed by atoms with Gasteiger partial charge in [-0.1, -0.05) is 32.8 Å². The number of nitrogens with zero attached hydrogens (tertiary/aromatic N) is 3. The molecule has 1 atom stereocenters. The molecule has 0 radical (unpaired) electrons. The number of guanidine groups is 1. The Balaban J connectivity index is 1.82. The van der Waals surface area contributed by atoms with Gasteiger partial charge < -0.3 is 20.3 Å². The Hall–Kier alpha value is -1.82. The van der Waals surface area contributed by atoms with Crippen molar-refractivity contribution in [2.24, 2.45) is 10.9 Å². The van der Waals surface area contributed by atoms with Gasteiger partial charge in [0, 0.05) is 39.4 Å². The van der Waals surface area contributed by atoms with Crippen molar-refractivity contribution in [3.8, 4) is 0 Å². The van der Waals surface area contributed by atoms with E-state index in [4.69, 9.17) is 4.74 Å². The van der Waals surface area contributed by atoms with E-state index in [0.29, 0.717) is 5.92 Å². The van der Waals surface area contributed by atoms with Gasteiger partial charge in [-0.25, -0.2) is 4.98 Å². The predicted octanol–water partition coefficient (Wildman–Crippen LogP) is 2.41. The van der Waals surface area contributed by atoms with Crippen LogP contribution in [-0.2, 0) is 11.3 Å². The maximum absolute atomic E-state index is 5.59. The number of aromatic nitrogens is 1. The summed E-state index contributed by atoms with van der Waals surface area (Å²) in [6.45, 7) is 10.8. The summed E-state index contributed by atoms with van der Waals surface area (Å²) in [6, 6.07) is 4.22. The Kier molecular flexibility index (Phi) is 7.98. The molecular weight excluding hydrogens is 314 g/mol. The van der Waals surface area contributed by atoms with E-state index in [1.54, 1.807) is 0 Å². The van der Waals surface area contributed by atoms with Gasteiger partial charge in [-0.15, -0.1) is 0 Å². The lowest BCUT2D eigenvalue weighted by atomic mass is 10.0. The van der Waals surface area contributed by atoms with E-state index in [-0.39, 0.29) is 6.10 Å². The maximum atomic E-state index is 5.59. The fourth-order valence-electron chi connectivity index (χ4n) is 2.96. The van der Waals surface area contributed by atoms with Crippen LogP contribution in [-0.4, -0.2) is 50.3 Å². The highest BCUT2D eigenvalue weighted by molar-refractivity contribution is 5.79. The second-order valence-electron chi connectivity index (χ2n) is 6.64. The van der Waals surface area contributed by atoms with Crippen molar-refractivity contribution >= 4 is 11.8 Å².